The summed E-state index contributed by atoms with van der Waals surface area (Å²) < 4.78 is 43.1. The highest BCUT2D eigenvalue weighted by molar-refractivity contribution is 9.10. The molecule has 0 aromatic heterocycles. The number of likely N-dealkylation sites (tertiary alicyclic amines) is 1. The van der Waals surface area contributed by atoms with Crippen LogP contribution in [0.25, 0.3) is 0 Å². The summed E-state index contributed by atoms with van der Waals surface area (Å²) in [5.41, 5.74) is -2.95. The number of alkyl halides is 3. The van der Waals surface area contributed by atoms with Crippen LogP contribution in [0, 0.1) is 5.41 Å². The van der Waals surface area contributed by atoms with Gasteiger partial charge in [-0.2, -0.15) is 13.2 Å². The van der Waals surface area contributed by atoms with E-state index in [1.165, 1.54) is 18.2 Å². The SMILES string of the molecule is CC1(CCN2CCCC2=O)C=CCC(NC(=O)c2cccc(Br)c2)(C(F)(F)F)C1. The summed E-state index contributed by atoms with van der Waals surface area (Å²) in [6, 6.07) is 6.30. The fraction of sp³-hybridized carbons (Fsp3) is 0.524. The highest BCUT2D eigenvalue weighted by atomic mass is 79.9. The maximum Gasteiger partial charge on any atom is 0.411 e. The number of rotatable bonds is 5. The first-order valence-electron chi connectivity index (χ1n) is 9.64. The third kappa shape index (κ3) is 4.85. The van der Waals surface area contributed by atoms with Gasteiger partial charge in [0.05, 0.1) is 0 Å². The minimum absolute atomic E-state index is 0.0541. The van der Waals surface area contributed by atoms with Gasteiger partial charge in [0.1, 0.15) is 5.54 Å². The molecule has 158 valence electrons. The lowest BCUT2D eigenvalue weighted by atomic mass is 9.69. The van der Waals surface area contributed by atoms with Crippen molar-refractivity contribution >= 4 is 27.7 Å². The molecule has 4 nitrogen and oxygen atoms in total. The third-order valence-corrected chi connectivity index (χ3v) is 6.29. The molecule has 8 heteroatoms. The van der Waals surface area contributed by atoms with E-state index in [-0.39, 0.29) is 24.3 Å². The lowest BCUT2D eigenvalue weighted by Gasteiger charge is -2.45. The van der Waals surface area contributed by atoms with Crippen LogP contribution in [0.5, 0.6) is 0 Å². The second kappa shape index (κ2) is 8.13. The van der Waals surface area contributed by atoms with Crippen molar-refractivity contribution in [2.24, 2.45) is 5.41 Å². The van der Waals surface area contributed by atoms with Crippen molar-refractivity contribution in [2.75, 3.05) is 13.1 Å². The van der Waals surface area contributed by atoms with Crippen LogP contribution in [0.2, 0.25) is 0 Å². The predicted molar refractivity (Wildman–Crippen MR) is 107 cm³/mol. The smallest absolute Gasteiger partial charge is 0.343 e. The molecular weight excluding hydrogens is 449 g/mol. The van der Waals surface area contributed by atoms with Crippen LogP contribution in [0.1, 0.15) is 49.4 Å². The van der Waals surface area contributed by atoms with E-state index in [1.54, 1.807) is 30.0 Å². The van der Waals surface area contributed by atoms with Crippen LogP contribution in [0.15, 0.2) is 40.9 Å². The molecule has 1 aromatic rings. The van der Waals surface area contributed by atoms with E-state index in [2.05, 4.69) is 21.2 Å². The number of halogens is 4. The van der Waals surface area contributed by atoms with E-state index in [4.69, 9.17) is 0 Å². The zero-order chi connectivity index (χ0) is 21.3. The van der Waals surface area contributed by atoms with E-state index >= 15 is 0 Å². The molecule has 1 N–H and O–H groups in total. The summed E-state index contributed by atoms with van der Waals surface area (Å²) in [4.78, 5) is 26.2. The average Bonchev–Trinajstić information content (AvgIpc) is 3.04. The summed E-state index contributed by atoms with van der Waals surface area (Å²) in [6.45, 7) is 2.84. The zero-order valence-corrected chi connectivity index (χ0v) is 17.8. The van der Waals surface area contributed by atoms with Crippen molar-refractivity contribution in [1.82, 2.24) is 10.2 Å². The highest BCUT2D eigenvalue weighted by Crippen LogP contribution is 2.47. The molecule has 29 heavy (non-hydrogen) atoms. The van der Waals surface area contributed by atoms with Crippen LogP contribution in [0.4, 0.5) is 13.2 Å². The topological polar surface area (TPSA) is 49.4 Å². The van der Waals surface area contributed by atoms with Crippen molar-refractivity contribution < 1.29 is 22.8 Å². The zero-order valence-electron chi connectivity index (χ0n) is 16.2. The molecule has 2 atom stereocenters. The van der Waals surface area contributed by atoms with Crippen LogP contribution in [-0.4, -0.2) is 41.5 Å². The molecule has 3 rings (SSSR count). The largest absolute Gasteiger partial charge is 0.411 e. The Labute approximate surface area is 176 Å². The second-order valence-electron chi connectivity index (χ2n) is 8.22. The van der Waals surface area contributed by atoms with Crippen LogP contribution in [0.3, 0.4) is 0 Å². The van der Waals surface area contributed by atoms with Crippen LogP contribution < -0.4 is 5.32 Å². The lowest BCUT2D eigenvalue weighted by Crippen LogP contribution is -2.61. The molecule has 1 saturated heterocycles. The number of carbonyl (C=O) groups excluding carboxylic acids is 2. The summed E-state index contributed by atoms with van der Waals surface area (Å²) >= 11 is 3.24. The lowest BCUT2D eigenvalue weighted by molar-refractivity contribution is -0.202. The van der Waals surface area contributed by atoms with Crippen molar-refractivity contribution in [1.29, 1.82) is 0 Å². The fourth-order valence-electron chi connectivity index (χ4n) is 4.17. The van der Waals surface area contributed by atoms with Gasteiger partial charge in [-0.15, -0.1) is 0 Å². The molecule has 2 aliphatic rings. The molecule has 2 amide bonds. The first-order valence-corrected chi connectivity index (χ1v) is 10.4. The van der Waals surface area contributed by atoms with Gasteiger partial charge in [0.15, 0.2) is 0 Å². The van der Waals surface area contributed by atoms with Gasteiger partial charge in [0.25, 0.3) is 5.91 Å². The number of nitrogens with one attached hydrogen (secondary N) is 1. The number of carbonyl (C=O) groups is 2. The first-order chi connectivity index (χ1) is 13.5. The normalized spacial score (nSPS) is 27.3. The van der Waals surface area contributed by atoms with Crippen molar-refractivity contribution in [3.63, 3.8) is 0 Å². The average molecular weight is 473 g/mol. The van der Waals surface area contributed by atoms with Gasteiger partial charge in [0, 0.05) is 29.5 Å². The summed E-state index contributed by atoms with van der Waals surface area (Å²) in [5.74, 6) is -0.700. The van der Waals surface area contributed by atoms with Gasteiger partial charge >= 0.3 is 6.18 Å². The van der Waals surface area contributed by atoms with Gasteiger partial charge in [0.2, 0.25) is 5.91 Å². The summed E-state index contributed by atoms with van der Waals surface area (Å²) in [6.07, 6.45) is -0.171. The molecule has 0 bridgehead atoms. The van der Waals surface area contributed by atoms with E-state index in [0.29, 0.717) is 30.4 Å². The van der Waals surface area contributed by atoms with E-state index in [0.717, 1.165) is 6.42 Å². The summed E-state index contributed by atoms with van der Waals surface area (Å²) in [5, 5.41) is 2.29. The monoisotopic (exact) mass is 472 g/mol. The van der Waals surface area contributed by atoms with Crippen molar-refractivity contribution in [3.8, 4) is 0 Å². The maximum absolute atomic E-state index is 14.2. The Balaban J connectivity index is 1.79. The molecule has 0 saturated carbocycles. The first kappa shape index (κ1) is 21.9. The Hall–Kier alpha value is -1.83. The Bertz CT molecular complexity index is 826. The number of amides is 2. The second-order valence-corrected chi connectivity index (χ2v) is 9.13. The number of nitrogens with zero attached hydrogens (tertiary/aromatic N) is 1. The van der Waals surface area contributed by atoms with Gasteiger partial charge in [-0.25, -0.2) is 0 Å². The van der Waals surface area contributed by atoms with Gasteiger partial charge in [-0.3, -0.25) is 9.59 Å². The van der Waals surface area contributed by atoms with Crippen molar-refractivity contribution in [3.05, 3.63) is 46.5 Å². The van der Waals surface area contributed by atoms with Crippen molar-refractivity contribution in [2.45, 2.75) is 50.7 Å². The van der Waals surface area contributed by atoms with Crippen LogP contribution in [-0.2, 0) is 4.79 Å². The Kier molecular flexibility index (Phi) is 6.13. The fourth-order valence-corrected chi connectivity index (χ4v) is 4.57. The van der Waals surface area contributed by atoms with Gasteiger partial charge < -0.3 is 10.2 Å². The van der Waals surface area contributed by atoms with Gasteiger partial charge in [-0.1, -0.05) is 41.1 Å². The minimum atomic E-state index is -4.61. The molecule has 1 aliphatic carbocycles. The predicted octanol–water partition coefficient (Wildman–Crippen LogP) is 4.85. The summed E-state index contributed by atoms with van der Waals surface area (Å²) in [7, 11) is 0. The van der Waals surface area contributed by atoms with Crippen LogP contribution >= 0.6 is 15.9 Å². The van der Waals surface area contributed by atoms with E-state index < -0.39 is 23.0 Å². The van der Waals surface area contributed by atoms with E-state index in [9.17, 15) is 22.8 Å². The number of allylic oxidation sites excluding steroid dienone is 1. The molecular formula is C21H24BrF3N2O2. The molecule has 2 unspecified atom stereocenters. The third-order valence-electron chi connectivity index (χ3n) is 5.80. The Morgan fingerprint density at radius 3 is 2.72 bits per heavy atom. The minimum Gasteiger partial charge on any atom is -0.343 e. The highest BCUT2D eigenvalue weighted by Gasteiger charge is 2.58. The molecule has 1 aromatic carbocycles. The standard InChI is InChI=1S/C21H24BrF3N2O2/c1-19(10-12-27-11-3-7-17(27)28)8-4-9-20(14-19,21(23,24)25)26-18(29)15-5-2-6-16(22)13-15/h2,4-6,8,13H,3,7,9-12,14H2,1H3,(H,26,29). The molecule has 1 aliphatic heterocycles. The molecule has 1 heterocycles. The Morgan fingerprint density at radius 1 is 1.34 bits per heavy atom. The number of benzene rings is 1. The molecule has 1 fully saturated rings. The van der Waals surface area contributed by atoms with E-state index in [1.807, 2.05) is 0 Å². The maximum atomic E-state index is 14.2. The Morgan fingerprint density at radius 2 is 2.10 bits per heavy atom. The van der Waals surface area contributed by atoms with Gasteiger partial charge in [-0.05, 0) is 49.3 Å². The number of hydrogen-bond acceptors (Lipinski definition) is 2. The molecule has 0 spiro atoms. The number of hydrogen-bond donors (Lipinski definition) is 1. The quantitative estimate of drug-likeness (QED) is 0.622. The molecule has 0 radical (unpaired) electrons.